The number of aryl methyl sites for hydroxylation is 2. The highest BCUT2D eigenvalue weighted by atomic mass is 32.1. The topological polar surface area (TPSA) is 88.9 Å². The fourth-order valence-electron chi connectivity index (χ4n) is 2.44. The Morgan fingerprint density at radius 3 is 2.81 bits per heavy atom. The minimum absolute atomic E-state index is 0.114. The summed E-state index contributed by atoms with van der Waals surface area (Å²) in [6.45, 7) is 1.91. The Balaban J connectivity index is 1.57. The maximum atomic E-state index is 12.2. The molecule has 3 rings (SSSR count). The Morgan fingerprint density at radius 2 is 2.08 bits per heavy atom. The number of hydrogen-bond donors (Lipinski definition) is 2. The SMILES string of the molecule is CCc1ccccc1NC(=O)CNC(=O)c1csc(-c2cnn(C)c2)n1. The Kier molecular flexibility index (Phi) is 5.43. The van der Waals surface area contributed by atoms with E-state index in [1.54, 1.807) is 16.3 Å². The van der Waals surface area contributed by atoms with Crippen LogP contribution < -0.4 is 10.6 Å². The van der Waals surface area contributed by atoms with E-state index in [-0.39, 0.29) is 24.1 Å². The van der Waals surface area contributed by atoms with Crippen LogP contribution in [0.3, 0.4) is 0 Å². The molecule has 0 spiro atoms. The van der Waals surface area contributed by atoms with Crippen molar-refractivity contribution in [2.24, 2.45) is 7.05 Å². The molecule has 0 fully saturated rings. The summed E-state index contributed by atoms with van der Waals surface area (Å²) >= 11 is 1.36. The first-order chi connectivity index (χ1) is 12.6. The predicted molar refractivity (Wildman–Crippen MR) is 101 cm³/mol. The number of thiazole rings is 1. The maximum absolute atomic E-state index is 12.2. The summed E-state index contributed by atoms with van der Waals surface area (Å²) in [5.74, 6) is -0.655. The summed E-state index contributed by atoms with van der Waals surface area (Å²) in [5, 5.41) is 11.9. The average molecular weight is 369 g/mol. The zero-order valence-corrected chi connectivity index (χ0v) is 15.3. The number of carbonyl (C=O) groups is 2. The Hall–Kier alpha value is -3.00. The van der Waals surface area contributed by atoms with Crippen molar-refractivity contribution in [1.82, 2.24) is 20.1 Å². The molecule has 0 aliphatic heterocycles. The molecular weight excluding hydrogens is 350 g/mol. The molecule has 1 aromatic carbocycles. The molecular formula is C18H19N5O2S. The van der Waals surface area contributed by atoms with Crippen molar-refractivity contribution in [2.45, 2.75) is 13.3 Å². The summed E-state index contributed by atoms with van der Waals surface area (Å²) in [5.41, 5.74) is 2.95. The molecule has 2 N–H and O–H groups in total. The van der Waals surface area contributed by atoms with E-state index in [9.17, 15) is 9.59 Å². The highest BCUT2D eigenvalue weighted by molar-refractivity contribution is 7.13. The zero-order valence-electron chi connectivity index (χ0n) is 14.5. The first-order valence-corrected chi connectivity index (χ1v) is 9.05. The molecule has 0 aliphatic rings. The number of nitrogens with zero attached hydrogens (tertiary/aromatic N) is 3. The Morgan fingerprint density at radius 1 is 1.27 bits per heavy atom. The molecule has 134 valence electrons. The van der Waals surface area contributed by atoms with Gasteiger partial charge in [-0.2, -0.15) is 5.10 Å². The molecule has 2 amide bonds. The summed E-state index contributed by atoms with van der Waals surface area (Å²) in [4.78, 5) is 28.6. The van der Waals surface area contributed by atoms with Crippen molar-refractivity contribution in [3.63, 3.8) is 0 Å². The molecule has 2 heterocycles. The number of aromatic nitrogens is 3. The second-order valence-electron chi connectivity index (χ2n) is 5.68. The van der Waals surface area contributed by atoms with Crippen LogP contribution in [0.1, 0.15) is 23.0 Å². The molecule has 3 aromatic rings. The van der Waals surface area contributed by atoms with Crippen LogP contribution in [0.2, 0.25) is 0 Å². The third-order valence-corrected chi connectivity index (χ3v) is 4.66. The smallest absolute Gasteiger partial charge is 0.271 e. The Labute approximate surface area is 155 Å². The van der Waals surface area contributed by atoms with Crippen molar-refractivity contribution in [3.8, 4) is 10.6 Å². The highest BCUT2D eigenvalue weighted by Gasteiger charge is 2.14. The summed E-state index contributed by atoms with van der Waals surface area (Å²) < 4.78 is 1.68. The van der Waals surface area contributed by atoms with Crippen molar-refractivity contribution in [1.29, 1.82) is 0 Å². The molecule has 0 aliphatic carbocycles. The minimum Gasteiger partial charge on any atom is -0.342 e. The maximum Gasteiger partial charge on any atom is 0.271 e. The van der Waals surface area contributed by atoms with Gasteiger partial charge in [0.2, 0.25) is 5.91 Å². The van der Waals surface area contributed by atoms with Gasteiger partial charge in [-0.1, -0.05) is 25.1 Å². The number of hydrogen-bond acceptors (Lipinski definition) is 5. The second-order valence-corrected chi connectivity index (χ2v) is 6.54. The van der Waals surface area contributed by atoms with Gasteiger partial charge in [0, 0.05) is 29.9 Å². The van der Waals surface area contributed by atoms with E-state index >= 15 is 0 Å². The van der Waals surface area contributed by atoms with E-state index in [0.29, 0.717) is 5.01 Å². The molecule has 0 radical (unpaired) electrons. The first-order valence-electron chi connectivity index (χ1n) is 8.17. The van der Waals surface area contributed by atoms with Crippen molar-refractivity contribution >= 4 is 28.8 Å². The predicted octanol–water partition coefficient (Wildman–Crippen LogP) is 2.47. The third-order valence-electron chi connectivity index (χ3n) is 3.77. The third kappa shape index (κ3) is 4.15. The van der Waals surface area contributed by atoms with Gasteiger partial charge in [-0.3, -0.25) is 14.3 Å². The number of para-hydroxylation sites is 1. The van der Waals surface area contributed by atoms with Gasteiger partial charge in [-0.15, -0.1) is 11.3 Å². The molecule has 0 saturated carbocycles. The van der Waals surface area contributed by atoms with Crippen LogP contribution in [0.5, 0.6) is 0 Å². The lowest BCUT2D eigenvalue weighted by atomic mass is 10.1. The zero-order chi connectivity index (χ0) is 18.5. The van der Waals surface area contributed by atoms with Crippen molar-refractivity contribution < 1.29 is 9.59 Å². The van der Waals surface area contributed by atoms with Crippen LogP contribution in [0, 0.1) is 0 Å². The first kappa shape index (κ1) is 17.8. The summed E-state index contributed by atoms with van der Waals surface area (Å²) in [6.07, 6.45) is 4.34. The number of amides is 2. The lowest BCUT2D eigenvalue weighted by molar-refractivity contribution is -0.115. The van der Waals surface area contributed by atoms with Crippen molar-refractivity contribution in [2.75, 3.05) is 11.9 Å². The van der Waals surface area contributed by atoms with Gasteiger partial charge in [-0.25, -0.2) is 4.98 Å². The van der Waals surface area contributed by atoms with Gasteiger partial charge in [0.15, 0.2) is 0 Å². The molecule has 0 unspecified atom stereocenters. The van der Waals surface area contributed by atoms with Crippen LogP contribution >= 0.6 is 11.3 Å². The molecule has 2 aromatic heterocycles. The average Bonchev–Trinajstić information content (AvgIpc) is 3.29. The number of carbonyl (C=O) groups excluding carboxylic acids is 2. The molecule has 0 bridgehead atoms. The van der Waals surface area contributed by atoms with Crippen molar-refractivity contribution in [3.05, 3.63) is 53.3 Å². The fraction of sp³-hybridized carbons (Fsp3) is 0.222. The van der Waals surface area contributed by atoms with Crippen LogP contribution in [0.15, 0.2) is 42.0 Å². The molecule has 7 nitrogen and oxygen atoms in total. The summed E-state index contributed by atoms with van der Waals surface area (Å²) in [6, 6.07) is 7.60. The van der Waals surface area contributed by atoms with E-state index in [2.05, 4.69) is 20.7 Å². The van der Waals surface area contributed by atoms with E-state index in [1.807, 2.05) is 44.4 Å². The lowest BCUT2D eigenvalue weighted by Crippen LogP contribution is -2.33. The van der Waals surface area contributed by atoms with Crippen LogP contribution in [-0.2, 0) is 18.3 Å². The quantitative estimate of drug-likeness (QED) is 0.699. The normalized spacial score (nSPS) is 10.5. The largest absolute Gasteiger partial charge is 0.342 e. The van der Waals surface area contributed by atoms with Crippen LogP contribution in [0.4, 0.5) is 5.69 Å². The van der Waals surface area contributed by atoms with Gasteiger partial charge >= 0.3 is 0 Å². The van der Waals surface area contributed by atoms with Gasteiger partial charge in [-0.05, 0) is 18.1 Å². The van der Waals surface area contributed by atoms with E-state index in [0.717, 1.165) is 23.2 Å². The van der Waals surface area contributed by atoms with Gasteiger partial charge in [0.25, 0.3) is 5.91 Å². The van der Waals surface area contributed by atoms with Gasteiger partial charge in [0.05, 0.1) is 12.7 Å². The minimum atomic E-state index is -0.379. The van der Waals surface area contributed by atoms with Gasteiger partial charge < -0.3 is 10.6 Å². The number of anilines is 1. The van der Waals surface area contributed by atoms with Crippen LogP contribution in [0.25, 0.3) is 10.6 Å². The van der Waals surface area contributed by atoms with Crippen LogP contribution in [-0.4, -0.2) is 33.1 Å². The molecule has 0 atom stereocenters. The van der Waals surface area contributed by atoms with Gasteiger partial charge in [0.1, 0.15) is 10.7 Å². The number of nitrogens with one attached hydrogen (secondary N) is 2. The fourth-order valence-corrected chi connectivity index (χ4v) is 3.21. The molecule has 8 heteroatoms. The number of rotatable bonds is 6. The van der Waals surface area contributed by atoms with E-state index < -0.39 is 0 Å². The summed E-state index contributed by atoms with van der Waals surface area (Å²) in [7, 11) is 1.82. The lowest BCUT2D eigenvalue weighted by Gasteiger charge is -2.09. The monoisotopic (exact) mass is 369 g/mol. The van der Waals surface area contributed by atoms with E-state index in [4.69, 9.17) is 0 Å². The standard InChI is InChI=1S/C18H19N5O2S/c1-3-12-6-4-5-7-14(12)21-16(24)9-19-17(25)15-11-26-18(22-15)13-8-20-23(2)10-13/h4-8,10-11H,3,9H2,1-2H3,(H,19,25)(H,21,24). The number of benzene rings is 1. The molecule has 0 saturated heterocycles. The van der Waals surface area contributed by atoms with E-state index in [1.165, 1.54) is 11.3 Å². The molecule has 26 heavy (non-hydrogen) atoms. The Bertz CT molecular complexity index is 931. The highest BCUT2D eigenvalue weighted by Crippen LogP contribution is 2.22. The second kappa shape index (κ2) is 7.92.